The van der Waals surface area contributed by atoms with Crippen molar-refractivity contribution in [2.45, 2.75) is 76.7 Å². The van der Waals surface area contributed by atoms with E-state index in [0.717, 1.165) is 31.3 Å². The first-order chi connectivity index (χ1) is 15.3. The van der Waals surface area contributed by atoms with Gasteiger partial charge in [-0.15, -0.1) is 13.2 Å². The maximum Gasteiger partial charge on any atom is 0.0717 e. The second-order valence-corrected chi connectivity index (χ2v) is 9.14. The molecular formula is C30H40O. The van der Waals surface area contributed by atoms with Crippen LogP contribution in [0.25, 0.3) is 0 Å². The first-order valence-corrected chi connectivity index (χ1v) is 12.2. The van der Waals surface area contributed by atoms with E-state index in [1.54, 1.807) is 0 Å². The van der Waals surface area contributed by atoms with Gasteiger partial charge in [-0.3, -0.25) is 0 Å². The number of hydrogen-bond acceptors (Lipinski definition) is 1. The van der Waals surface area contributed by atoms with Gasteiger partial charge in [0.1, 0.15) is 0 Å². The van der Waals surface area contributed by atoms with E-state index in [-0.39, 0.29) is 0 Å². The summed E-state index contributed by atoms with van der Waals surface area (Å²) in [7, 11) is 0. The summed E-state index contributed by atoms with van der Waals surface area (Å²) in [5, 5.41) is 0. The van der Waals surface area contributed by atoms with Gasteiger partial charge in [-0.05, 0) is 85.5 Å². The zero-order valence-electron chi connectivity index (χ0n) is 19.2. The molecule has 0 saturated heterocycles. The Balaban J connectivity index is 1.31. The largest absolute Gasteiger partial charge is 0.376 e. The van der Waals surface area contributed by atoms with Crippen LogP contribution in [-0.4, -0.2) is 6.61 Å². The Morgan fingerprint density at radius 1 is 0.774 bits per heavy atom. The minimum Gasteiger partial charge on any atom is -0.376 e. The summed E-state index contributed by atoms with van der Waals surface area (Å²) in [5.74, 6) is 1.69. The molecule has 31 heavy (non-hydrogen) atoms. The van der Waals surface area contributed by atoms with Crippen LogP contribution in [0.4, 0.5) is 0 Å². The Labute approximate surface area is 190 Å². The van der Waals surface area contributed by atoms with E-state index in [4.69, 9.17) is 4.74 Å². The van der Waals surface area contributed by atoms with Crippen molar-refractivity contribution in [2.75, 3.05) is 6.61 Å². The van der Waals surface area contributed by atoms with Crippen LogP contribution in [0.3, 0.4) is 0 Å². The Bertz CT molecular complexity index is 763. The molecule has 0 heterocycles. The van der Waals surface area contributed by atoms with Gasteiger partial charge in [0.05, 0.1) is 13.2 Å². The second-order valence-electron chi connectivity index (χ2n) is 9.14. The summed E-state index contributed by atoms with van der Waals surface area (Å²) in [6, 6.07) is 18.3. The molecule has 1 saturated carbocycles. The van der Waals surface area contributed by atoms with Crippen LogP contribution in [0.15, 0.2) is 73.8 Å². The van der Waals surface area contributed by atoms with E-state index in [1.807, 2.05) is 12.2 Å². The highest BCUT2D eigenvalue weighted by Gasteiger charge is 2.22. The number of ether oxygens (including phenoxy) is 1. The molecular weight excluding hydrogens is 376 g/mol. The van der Waals surface area contributed by atoms with E-state index >= 15 is 0 Å². The van der Waals surface area contributed by atoms with Crippen LogP contribution < -0.4 is 0 Å². The van der Waals surface area contributed by atoms with Crippen LogP contribution in [0.2, 0.25) is 0 Å². The minimum absolute atomic E-state index is 0.708. The average molecular weight is 417 g/mol. The maximum absolute atomic E-state index is 5.67. The standard InChI is InChI=1S/C30H40O/c1-3-5-23-31-24-28-17-21-30(22-18-28)29-19-15-27(16-20-29)10-7-6-9-26-13-11-25(8-4-2)12-14-26/h3-4,11-14,17-18,21-22,27,29H,1-2,5-10,15-16,19-20,23-24H2. The quantitative estimate of drug-likeness (QED) is 0.236. The maximum atomic E-state index is 5.67. The van der Waals surface area contributed by atoms with E-state index in [0.29, 0.717) is 6.61 Å². The van der Waals surface area contributed by atoms with Gasteiger partial charge in [-0.1, -0.05) is 73.5 Å². The number of unbranched alkanes of at least 4 members (excludes halogenated alkanes) is 1. The third kappa shape index (κ3) is 8.15. The molecule has 0 bridgehead atoms. The average Bonchev–Trinajstić information content (AvgIpc) is 2.82. The van der Waals surface area contributed by atoms with Gasteiger partial charge in [-0.25, -0.2) is 0 Å². The fourth-order valence-electron chi connectivity index (χ4n) is 4.80. The van der Waals surface area contributed by atoms with Crippen molar-refractivity contribution in [3.8, 4) is 0 Å². The van der Waals surface area contributed by atoms with Crippen molar-refractivity contribution in [1.29, 1.82) is 0 Å². The van der Waals surface area contributed by atoms with Gasteiger partial charge in [0.2, 0.25) is 0 Å². The molecule has 1 aliphatic rings. The van der Waals surface area contributed by atoms with Crippen LogP contribution in [0.1, 0.15) is 79.5 Å². The van der Waals surface area contributed by atoms with Gasteiger partial charge >= 0.3 is 0 Å². The molecule has 0 N–H and O–H groups in total. The van der Waals surface area contributed by atoms with E-state index < -0.39 is 0 Å². The summed E-state index contributed by atoms with van der Waals surface area (Å²) in [4.78, 5) is 0. The smallest absolute Gasteiger partial charge is 0.0717 e. The third-order valence-electron chi connectivity index (χ3n) is 6.76. The molecule has 0 spiro atoms. The summed E-state index contributed by atoms with van der Waals surface area (Å²) >= 11 is 0. The summed E-state index contributed by atoms with van der Waals surface area (Å²) in [6.07, 6.45) is 16.6. The lowest BCUT2D eigenvalue weighted by Crippen LogP contribution is -2.13. The zero-order chi connectivity index (χ0) is 21.7. The molecule has 0 aliphatic heterocycles. The molecule has 0 radical (unpaired) electrons. The first kappa shape index (κ1) is 23.5. The lowest BCUT2D eigenvalue weighted by molar-refractivity contribution is 0.125. The van der Waals surface area contributed by atoms with Crippen LogP contribution in [0.5, 0.6) is 0 Å². The van der Waals surface area contributed by atoms with Crippen molar-refractivity contribution in [3.05, 3.63) is 96.1 Å². The molecule has 0 unspecified atom stereocenters. The van der Waals surface area contributed by atoms with Gasteiger partial charge in [0, 0.05) is 0 Å². The number of hydrogen-bond donors (Lipinski definition) is 0. The fourth-order valence-corrected chi connectivity index (χ4v) is 4.80. The van der Waals surface area contributed by atoms with Gasteiger partial charge in [0.15, 0.2) is 0 Å². The molecule has 2 aromatic rings. The molecule has 1 nitrogen and oxygen atoms in total. The van der Waals surface area contributed by atoms with Crippen LogP contribution in [-0.2, 0) is 24.2 Å². The molecule has 1 fully saturated rings. The summed E-state index contributed by atoms with van der Waals surface area (Å²) in [6.45, 7) is 9.02. The van der Waals surface area contributed by atoms with Gasteiger partial charge < -0.3 is 4.74 Å². The van der Waals surface area contributed by atoms with Crippen molar-refractivity contribution < 1.29 is 4.74 Å². The van der Waals surface area contributed by atoms with Crippen molar-refractivity contribution in [3.63, 3.8) is 0 Å². The molecule has 0 aromatic heterocycles. The minimum atomic E-state index is 0.708. The molecule has 3 rings (SSSR count). The second kappa shape index (κ2) is 13.3. The molecule has 0 atom stereocenters. The van der Waals surface area contributed by atoms with E-state index in [2.05, 4.69) is 61.7 Å². The normalized spacial score (nSPS) is 18.6. The summed E-state index contributed by atoms with van der Waals surface area (Å²) < 4.78 is 5.67. The monoisotopic (exact) mass is 416 g/mol. The zero-order valence-corrected chi connectivity index (χ0v) is 19.2. The first-order valence-electron chi connectivity index (χ1n) is 12.2. The highest BCUT2D eigenvalue weighted by molar-refractivity contribution is 5.26. The Morgan fingerprint density at radius 3 is 2.13 bits per heavy atom. The molecule has 0 amide bonds. The van der Waals surface area contributed by atoms with Crippen molar-refractivity contribution in [2.24, 2.45) is 5.92 Å². The molecule has 1 aliphatic carbocycles. The van der Waals surface area contributed by atoms with Crippen LogP contribution in [0, 0.1) is 5.92 Å². The SMILES string of the molecule is C=CCCOCc1ccc(C2CCC(CCCCc3ccc(CC=C)cc3)CC2)cc1. The molecule has 166 valence electrons. The van der Waals surface area contributed by atoms with Gasteiger partial charge in [0.25, 0.3) is 0 Å². The topological polar surface area (TPSA) is 9.23 Å². The lowest BCUT2D eigenvalue weighted by atomic mass is 9.77. The number of aryl methyl sites for hydroxylation is 1. The molecule has 2 aromatic carbocycles. The van der Waals surface area contributed by atoms with Crippen molar-refractivity contribution in [1.82, 2.24) is 0 Å². The Hall–Kier alpha value is -2.12. The van der Waals surface area contributed by atoms with Crippen molar-refractivity contribution >= 4 is 0 Å². The predicted molar refractivity (Wildman–Crippen MR) is 134 cm³/mol. The number of allylic oxidation sites excluding steroid dienone is 1. The Morgan fingerprint density at radius 2 is 1.45 bits per heavy atom. The number of benzene rings is 2. The number of rotatable bonds is 13. The van der Waals surface area contributed by atoms with Gasteiger partial charge in [-0.2, -0.15) is 0 Å². The third-order valence-corrected chi connectivity index (χ3v) is 6.76. The van der Waals surface area contributed by atoms with E-state index in [9.17, 15) is 0 Å². The molecule has 1 heteroatoms. The van der Waals surface area contributed by atoms with Crippen LogP contribution >= 0.6 is 0 Å². The summed E-state index contributed by atoms with van der Waals surface area (Å²) in [5.41, 5.74) is 5.64. The van der Waals surface area contributed by atoms with E-state index in [1.165, 1.54) is 73.6 Å². The predicted octanol–water partition coefficient (Wildman–Crippen LogP) is 8.19. The lowest BCUT2D eigenvalue weighted by Gasteiger charge is -2.29. The highest BCUT2D eigenvalue weighted by Crippen LogP contribution is 2.37. The highest BCUT2D eigenvalue weighted by atomic mass is 16.5. The Kier molecular flexibility index (Phi) is 10.1. The fraction of sp³-hybridized carbons (Fsp3) is 0.467.